The van der Waals surface area contributed by atoms with Crippen molar-refractivity contribution in [1.82, 2.24) is 29.7 Å². The molecule has 3 aromatic heterocycles. The van der Waals surface area contributed by atoms with E-state index in [1.807, 2.05) is 29.9 Å². The van der Waals surface area contributed by atoms with Crippen LogP contribution in [0.4, 0.5) is 0 Å². The number of nitrogens with one attached hydrogen (secondary N) is 1. The molecular formula is C24H30N6OS2. The number of hydrogen-bond donors (Lipinski definition) is 1. The van der Waals surface area contributed by atoms with Gasteiger partial charge in [0.15, 0.2) is 10.2 Å². The molecule has 0 radical (unpaired) electrons. The normalized spacial score (nSPS) is 21.5. The molecule has 0 spiro atoms. The van der Waals surface area contributed by atoms with E-state index >= 15 is 0 Å². The first-order valence-electron chi connectivity index (χ1n) is 11.5. The molecule has 2 fully saturated rings. The second-order valence-corrected chi connectivity index (χ2v) is 9.86. The summed E-state index contributed by atoms with van der Waals surface area (Å²) < 4.78 is 7.75. The molecule has 0 aromatic carbocycles. The van der Waals surface area contributed by atoms with Gasteiger partial charge in [0.1, 0.15) is 0 Å². The van der Waals surface area contributed by atoms with Crippen LogP contribution >= 0.6 is 23.6 Å². The number of rotatable bonds is 7. The largest absolute Gasteiger partial charge is 0.379 e. The number of morpholine rings is 1. The SMILES string of the molecule is Cc1cc(C2C(c3ccccn3)NC(=S)N2CCCN2CCOCC2)c(C)n1-c1nccs1. The van der Waals surface area contributed by atoms with Gasteiger partial charge < -0.3 is 15.0 Å². The Morgan fingerprint density at radius 2 is 2.00 bits per heavy atom. The average molecular weight is 483 g/mol. The molecule has 0 bridgehead atoms. The van der Waals surface area contributed by atoms with Gasteiger partial charge in [-0.15, -0.1) is 11.3 Å². The number of hydrogen-bond acceptors (Lipinski definition) is 6. The Labute approximate surface area is 204 Å². The van der Waals surface area contributed by atoms with Crippen molar-refractivity contribution in [1.29, 1.82) is 0 Å². The van der Waals surface area contributed by atoms with Crippen molar-refractivity contribution < 1.29 is 4.74 Å². The van der Waals surface area contributed by atoms with Crippen molar-refractivity contribution in [2.75, 3.05) is 39.4 Å². The molecule has 174 valence electrons. The van der Waals surface area contributed by atoms with E-state index in [2.05, 4.69) is 55.6 Å². The first kappa shape index (κ1) is 22.5. The molecule has 33 heavy (non-hydrogen) atoms. The Balaban J connectivity index is 1.45. The minimum absolute atomic E-state index is 0.00679. The maximum absolute atomic E-state index is 5.86. The summed E-state index contributed by atoms with van der Waals surface area (Å²) in [7, 11) is 0. The van der Waals surface area contributed by atoms with Crippen LogP contribution in [0, 0.1) is 13.8 Å². The molecule has 2 unspecified atom stereocenters. The van der Waals surface area contributed by atoms with Gasteiger partial charge in [-0.05, 0) is 56.2 Å². The Morgan fingerprint density at radius 1 is 1.15 bits per heavy atom. The second kappa shape index (κ2) is 9.89. The summed E-state index contributed by atoms with van der Waals surface area (Å²) in [5.74, 6) is 0. The monoisotopic (exact) mass is 482 g/mol. The molecule has 3 aromatic rings. The molecule has 2 atom stereocenters. The van der Waals surface area contributed by atoms with E-state index in [9.17, 15) is 0 Å². The molecule has 9 heteroatoms. The number of thiocarbonyl (C=S) groups is 1. The van der Waals surface area contributed by atoms with E-state index in [1.54, 1.807) is 11.3 Å². The predicted molar refractivity (Wildman–Crippen MR) is 135 cm³/mol. The summed E-state index contributed by atoms with van der Waals surface area (Å²) in [5.41, 5.74) is 4.68. The predicted octanol–water partition coefficient (Wildman–Crippen LogP) is 3.64. The first-order valence-corrected chi connectivity index (χ1v) is 12.8. The Kier molecular flexibility index (Phi) is 6.73. The molecule has 0 aliphatic carbocycles. The molecule has 2 saturated heterocycles. The van der Waals surface area contributed by atoms with E-state index in [0.717, 1.165) is 61.8 Å². The highest BCUT2D eigenvalue weighted by molar-refractivity contribution is 7.80. The van der Waals surface area contributed by atoms with Gasteiger partial charge in [0.05, 0.1) is 31.0 Å². The van der Waals surface area contributed by atoms with Crippen LogP contribution in [0.25, 0.3) is 5.13 Å². The minimum atomic E-state index is 0.00679. The van der Waals surface area contributed by atoms with Gasteiger partial charge in [0.25, 0.3) is 0 Å². The molecule has 0 saturated carbocycles. The van der Waals surface area contributed by atoms with Crippen molar-refractivity contribution in [2.45, 2.75) is 32.4 Å². The maximum atomic E-state index is 5.86. The zero-order valence-corrected chi connectivity index (χ0v) is 20.7. The van der Waals surface area contributed by atoms with Crippen molar-refractivity contribution in [2.24, 2.45) is 0 Å². The zero-order chi connectivity index (χ0) is 22.8. The van der Waals surface area contributed by atoms with Crippen LogP contribution in [0.1, 0.15) is 41.1 Å². The van der Waals surface area contributed by atoms with Gasteiger partial charge in [0.2, 0.25) is 0 Å². The highest BCUT2D eigenvalue weighted by atomic mass is 32.1. The third-order valence-electron chi connectivity index (χ3n) is 6.57. The molecule has 5 heterocycles. The number of aromatic nitrogens is 3. The van der Waals surface area contributed by atoms with Crippen LogP contribution in [0.5, 0.6) is 0 Å². The highest BCUT2D eigenvalue weighted by Crippen LogP contribution is 2.41. The van der Waals surface area contributed by atoms with Crippen LogP contribution in [-0.2, 0) is 4.74 Å². The summed E-state index contributed by atoms with van der Waals surface area (Å²) in [6.45, 7) is 9.98. The quantitative estimate of drug-likeness (QED) is 0.516. The van der Waals surface area contributed by atoms with E-state index in [0.29, 0.717) is 0 Å². The lowest BCUT2D eigenvalue weighted by Gasteiger charge is -2.30. The van der Waals surface area contributed by atoms with Gasteiger partial charge in [-0.3, -0.25) is 14.5 Å². The third-order valence-corrected chi connectivity index (χ3v) is 7.68. The fourth-order valence-corrected chi connectivity index (χ4v) is 6.07. The summed E-state index contributed by atoms with van der Waals surface area (Å²) in [6.07, 6.45) is 4.77. The standard InChI is InChI=1S/C24H30N6OS2/c1-17-16-19(18(2)30(17)24-26-8-15-33-24)22-21(20-6-3-4-7-25-20)27-23(32)29(22)10-5-9-28-11-13-31-14-12-28/h3-4,6-8,15-16,21-22H,5,9-14H2,1-2H3,(H,27,32). The molecule has 7 nitrogen and oxygen atoms in total. The Hall–Kier alpha value is -2.33. The van der Waals surface area contributed by atoms with E-state index in [-0.39, 0.29) is 12.1 Å². The summed E-state index contributed by atoms with van der Waals surface area (Å²) in [5, 5.41) is 7.41. The zero-order valence-electron chi connectivity index (χ0n) is 19.1. The van der Waals surface area contributed by atoms with E-state index in [4.69, 9.17) is 17.0 Å². The van der Waals surface area contributed by atoms with Crippen LogP contribution < -0.4 is 5.32 Å². The maximum Gasteiger partial charge on any atom is 0.193 e. The van der Waals surface area contributed by atoms with Crippen LogP contribution in [0.2, 0.25) is 0 Å². The van der Waals surface area contributed by atoms with E-state index in [1.165, 1.54) is 17.0 Å². The fraction of sp³-hybridized carbons (Fsp3) is 0.458. The lowest BCUT2D eigenvalue weighted by Crippen LogP contribution is -2.39. The average Bonchev–Trinajstić information content (AvgIpc) is 3.54. The summed E-state index contributed by atoms with van der Waals surface area (Å²) in [6, 6.07) is 8.47. The Morgan fingerprint density at radius 3 is 2.73 bits per heavy atom. The molecule has 2 aliphatic rings. The van der Waals surface area contributed by atoms with Crippen LogP contribution in [0.3, 0.4) is 0 Å². The van der Waals surface area contributed by atoms with Gasteiger partial charge in [0, 0.05) is 55.3 Å². The van der Waals surface area contributed by atoms with E-state index < -0.39 is 0 Å². The van der Waals surface area contributed by atoms with Gasteiger partial charge >= 0.3 is 0 Å². The van der Waals surface area contributed by atoms with Gasteiger partial charge in [-0.2, -0.15) is 0 Å². The smallest absolute Gasteiger partial charge is 0.193 e. The molecule has 5 rings (SSSR count). The first-order chi connectivity index (χ1) is 16.1. The highest BCUT2D eigenvalue weighted by Gasteiger charge is 2.41. The molecule has 2 aliphatic heterocycles. The lowest BCUT2D eigenvalue weighted by atomic mass is 9.96. The summed E-state index contributed by atoms with van der Waals surface area (Å²) >= 11 is 7.52. The minimum Gasteiger partial charge on any atom is -0.379 e. The number of aryl methyl sites for hydroxylation is 1. The number of ether oxygens (including phenoxy) is 1. The van der Waals surface area contributed by atoms with Crippen LogP contribution in [0.15, 0.2) is 42.0 Å². The number of thiazole rings is 1. The number of pyridine rings is 1. The second-order valence-electron chi connectivity index (χ2n) is 8.60. The lowest BCUT2D eigenvalue weighted by molar-refractivity contribution is 0.0365. The molecule has 0 amide bonds. The molecule has 1 N–H and O–H groups in total. The van der Waals surface area contributed by atoms with Crippen LogP contribution in [-0.4, -0.2) is 68.8 Å². The van der Waals surface area contributed by atoms with Gasteiger partial charge in [-0.1, -0.05) is 6.07 Å². The Bertz CT molecular complexity index is 1080. The summed E-state index contributed by atoms with van der Waals surface area (Å²) in [4.78, 5) is 14.1. The van der Waals surface area contributed by atoms with Crippen molar-refractivity contribution >= 4 is 28.7 Å². The van der Waals surface area contributed by atoms with Crippen molar-refractivity contribution in [3.63, 3.8) is 0 Å². The third kappa shape index (κ3) is 4.55. The van der Waals surface area contributed by atoms with Crippen molar-refractivity contribution in [3.8, 4) is 5.13 Å². The molecular weight excluding hydrogens is 452 g/mol. The topological polar surface area (TPSA) is 58.5 Å². The van der Waals surface area contributed by atoms with Crippen molar-refractivity contribution in [3.05, 3.63) is 64.7 Å². The fourth-order valence-electron chi connectivity index (χ4n) is 4.98. The van der Waals surface area contributed by atoms with Gasteiger partial charge in [-0.25, -0.2) is 4.98 Å². The number of nitrogens with zero attached hydrogens (tertiary/aromatic N) is 5.